The Kier molecular flexibility index (Phi) is 22.6. The van der Waals surface area contributed by atoms with Gasteiger partial charge in [0.1, 0.15) is 0 Å². The molecule has 2 N–H and O–H groups in total. The maximum absolute atomic E-state index is 11.3. The van der Waals surface area contributed by atoms with E-state index in [2.05, 4.69) is 5.73 Å². The average Bonchev–Trinajstić information content (AvgIpc) is 2.56. The molecule has 0 aliphatic heterocycles. The first-order chi connectivity index (χ1) is 11.2. The van der Waals surface area contributed by atoms with Crippen LogP contribution in [0.15, 0.2) is 0 Å². The van der Waals surface area contributed by atoms with Gasteiger partial charge in [0.15, 0.2) is 0 Å². The summed E-state index contributed by atoms with van der Waals surface area (Å²) in [7, 11) is 4.75. The molecule has 0 aliphatic carbocycles. The van der Waals surface area contributed by atoms with Crippen molar-refractivity contribution in [2.24, 2.45) is 5.73 Å². The van der Waals surface area contributed by atoms with Crippen molar-refractivity contribution in [1.82, 2.24) is 4.90 Å². The molecule has 0 atom stereocenters. The van der Waals surface area contributed by atoms with E-state index in [1.165, 1.54) is 7.05 Å². The van der Waals surface area contributed by atoms with Gasteiger partial charge in [0.2, 0.25) is 5.91 Å². The number of nitrogens with zero attached hydrogens (tertiary/aromatic N) is 1. The van der Waals surface area contributed by atoms with Crippen LogP contribution in [0.2, 0.25) is 0 Å². The summed E-state index contributed by atoms with van der Waals surface area (Å²) >= 11 is 0. The molecule has 0 bridgehead atoms. The summed E-state index contributed by atoms with van der Waals surface area (Å²) in [4.78, 5) is 13.0. The third-order valence-corrected chi connectivity index (χ3v) is 2.69. The monoisotopic (exact) mass is 338 g/mol. The number of amides is 1. The minimum atomic E-state index is 0.0279. The van der Waals surface area contributed by atoms with Crippen LogP contribution < -0.4 is 5.73 Å². The smallest absolute Gasteiger partial charge is 0.219 e. The van der Waals surface area contributed by atoms with Crippen LogP contribution in [0.25, 0.3) is 0 Å². The van der Waals surface area contributed by atoms with Gasteiger partial charge in [-0.1, -0.05) is 0 Å². The van der Waals surface area contributed by atoms with Crippen LogP contribution in [0.4, 0.5) is 0 Å². The molecule has 0 saturated heterocycles. The van der Waals surface area contributed by atoms with E-state index in [-0.39, 0.29) is 5.91 Å². The second kappa shape index (κ2) is 21.2. The predicted octanol–water partition coefficient (Wildman–Crippen LogP) is -0.248. The lowest BCUT2D eigenvalue weighted by molar-refractivity contribution is -0.130. The minimum Gasteiger partial charge on any atom is -0.383 e. The zero-order valence-electron chi connectivity index (χ0n) is 15.0. The van der Waals surface area contributed by atoms with Gasteiger partial charge in [-0.25, -0.2) is 0 Å². The molecule has 8 heteroatoms. The second-order valence-corrected chi connectivity index (χ2v) is 4.33. The van der Waals surface area contributed by atoms with Crippen molar-refractivity contribution in [3.63, 3.8) is 0 Å². The van der Waals surface area contributed by atoms with Gasteiger partial charge in [-0.05, 0) is 7.05 Å². The third-order valence-electron chi connectivity index (χ3n) is 2.69. The largest absolute Gasteiger partial charge is 0.383 e. The Hall–Kier alpha value is -0.770. The Morgan fingerprint density at radius 2 is 1.13 bits per heavy atom. The van der Waals surface area contributed by atoms with Crippen LogP contribution in [-0.2, 0) is 28.5 Å². The summed E-state index contributed by atoms with van der Waals surface area (Å²) in [5, 5.41) is 0. The molecule has 1 amide bonds. The molecule has 0 heterocycles. The fourth-order valence-corrected chi connectivity index (χ4v) is 1.49. The van der Waals surface area contributed by atoms with Gasteiger partial charge < -0.3 is 34.3 Å². The van der Waals surface area contributed by atoms with E-state index in [9.17, 15) is 4.79 Å². The van der Waals surface area contributed by atoms with E-state index >= 15 is 0 Å². The first-order valence-corrected chi connectivity index (χ1v) is 7.76. The number of carbonyl (C=O) groups is 1. The van der Waals surface area contributed by atoms with Gasteiger partial charge in [0, 0.05) is 34.2 Å². The van der Waals surface area contributed by atoms with E-state index in [1.807, 2.05) is 0 Å². The van der Waals surface area contributed by atoms with Crippen molar-refractivity contribution in [3.05, 3.63) is 0 Å². The Labute approximate surface area is 140 Å². The number of hydrogen-bond donors (Lipinski definition) is 1. The molecule has 8 nitrogen and oxygen atoms in total. The number of ether oxygens (including phenoxy) is 5. The Morgan fingerprint density at radius 3 is 1.57 bits per heavy atom. The van der Waals surface area contributed by atoms with Gasteiger partial charge in [0.25, 0.3) is 0 Å². The van der Waals surface area contributed by atoms with Crippen LogP contribution in [0.5, 0.6) is 0 Å². The highest BCUT2D eigenvalue weighted by molar-refractivity contribution is 5.73. The number of rotatable bonds is 15. The van der Waals surface area contributed by atoms with E-state index in [1.54, 1.807) is 26.0 Å². The summed E-state index contributed by atoms with van der Waals surface area (Å²) in [6, 6.07) is 0. The maximum Gasteiger partial charge on any atom is 0.219 e. The summed E-state index contributed by atoms with van der Waals surface area (Å²) < 4.78 is 25.8. The minimum absolute atomic E-state index is 0.0279. The number of methoxy groups -OCH3 is 2. The second-order valence-electron chi connectivity index (χ2n) is 4.33. The summed E-state index contributed by atoms with van der Waals surface area (Å²) in [5.74, 6) is 0.0279. The quantitative estimate of drug-likeness (QED) is 0.412. The third kappa shape index (κ3) is 19.2. The van der Waals surface area contributed by atoms with E-state index in [0.717, 1.165) is 0 Å². The fourth-order valence-electron chi connectivity index (χ4n) is 1.49. The summed E-state index contributed by atoms with van der Waals surface area (Å²) in [6.07, 6.45) is 0. The number of hydrogen-bond acceptors (Lipinski definition) is 7. The lowest BCUT2D eigenvalue weighted by Gasteiger charge is -2.20. The highest BCUT2D eigenvalue weighted by atomic mass is 16.6. The molecule has 0 aliphatic rings. The zero-order valence-corrected chi connectivity index (χ0v) is 15.0. The topological polar surface area (TPSA) is 92.5 Å². The molecule has 0 unspecified atom stereocenters. The van der Waals surface area contributed by atoms with Crippen LogP contribution in [0, 0.1) is 0 Å². The first kappa shape index (κ1) is 24.5. The van der Waals surface area contributed by atoms with Gasteiger partial charge >= 0.3 is 0 Å². The molecular formula is C15H34N2O6. The van der Waals surface area contributed by atoms with Crippen LogP contribution >= 0.6 is 0 Å². The lowest BCUT2D eigenvalue weighted by atomic mass is 10.4. The molecule has 0 spiro atoms. The summed E-state index contributed by atoms with van der Waals surface area (Å²) in [5.41, 5.74) is 4.50. The molecule has 140 valence electrons. The number of nitrogens with two attached hydrogens (primary N) is 1. The Morgan fingerprint density at radius 1 is 0.739 bits per heavy atom. The van der Waals surface area contributed by atoms with Crippen molar-refractivity contribution in [1.29, 1.82) is 0 Å². The van der Waals surface area contributed by atoms with Crippen molar-refractivity contribution < 1.29 is 28.5 Å². The highest BCUT2D eigenvalue weighted by Crippen LogP contribution is 1.91. The van der Waals surface area contributed by atoms with Gasteiger partial charge in [0.05, 0.1) is 52.9 Å². The standard InChI is InChI=1S/C14H29NO6.CH5N/c1-14(16)15(4-6-17-2)5-7-19-10-11-21-13-12-20-9-8-18-3;1-2/h4-13H2,1-3H3;2H2,1H3. The van der Waals surface area contributed by atoms with Crippen molar-refractivity contribution in [2.45, 2.75) is 6.92 Å². The van der Waals surface area contributed by atoms with Crippen LogP contribution in [0.3, 0.4) is 0 Å². The van der Waals surface area contributed by atoms with Crippen LogP contribution in [-0.4, -0.2) is 98.0 Å². The average molecular weight is 338 g/mol. The Bertz CT molecular complexity index is 244. The van der Waals surface area contributed by atoms with Crippen molar-refractivity contribution in [3.8, 4) is 0 Å². The Balaban J connectivity index is 0. The van der Waals surface area contributed by atoms with E-state index in [0.29, 0.717) is 65.9 Å². The number of carbonyl (C=O) groups excluding carboxylic acids is 1. The molecule has 0 fully saturated rings. The van der Waals surface area contributed by atoms with Crippen molar-refractivity contribution in [2.75, 3.05) is 87.2 Å². The lowest BCUT2D eigenvalue weighted by Crippen LogP contribution is -2.35. The molecule has 0 radical (unpaired) electrons. The molecule has 0 aromatic rings. The van der Waals surface area contributed by atoms with E-state index in [4.69, 9.17) is 23.7 Å². The normalized spacial score (nSPS) is 10.1. The zero-order chi connectivity index (χ0) is 17.8. The first-order valence-electron chi connectivity index (χ1n) is 7.76. The molecule has 0 aromatic heterocycles. The molecule has 0 aromatic carbocycles. The summed E-state index contributed by atoms with van der Waals surface area (Å²) in [6.45, 7) is 7.03. The highest BCUT2D eigenvalue weighted by Gasteiger charge is 2.07. The van der Waals surface area contributed by atoms with Crippen LogP contribution in [0.1, 0.15) is 6.92 Å². The SMILES string of the molecule is CN.COCCOCCOCCOCCN(CCOC)C(C)=O. The molecule has 0 saturated carbocycles. The molecule has 23 heavy (non-hydrogen) atoms. The van der Waals surface area contributed by atoms with E-state index < -0.39 is 0 Å². The molecular weight excluding hydrogens is 304 g/mol. The predicted molar refractivity (Wildman–Crippen MR) is 88.6 cm³/mol. The molecule has 0 rings (SSSR count). The van der Waals surface area contributed by atoms with Gasteiger partial charge in [-0.3, -0.25) is 4.79 Å². The fraction of sp³-hybridized carbons (Fsp3) is 0.933. The van der Waals surface area contributed by atoms with Gasteiger partial charge in [-0.2, -0.15) is 0 Å². The van der Waals surface area contributed by atoms with Gasteiger partial charge in [-0.15, -0.1) is 0 Å². The maximum atomic E-state index is 11.3. The van der Waals surface area contributed by atoms with Crippen molar-refractivity contribution >= 4 is 5.91 Å².